The molecule has 7 heteroatoms. The summed E-state index contributed by atoms with van der Waals surface area (Å²) in [5, 5.41) is 6.40. The molecule has 0 atom stereocenters. The number of nitrogens with one attached hydrogen (secondary N) is 3. The average molecular weight is 501 g/mol. The summed E-state index contributed by atoms with van der Waals surface area (Å²) >= 11 is 6.22. The molecule has 0 aliphatic heterocycles. The first kappa shape index (κ1) is 24.1. The average Bonchev–Trinajstić information content (AvgIpc) is 3.08. The van der Waals surface area contributed by atoms with Crippen LogP contribution in [0.3, 0.4) is 0 Å². The van der Waals surface area contributed by atoms with E-state index in [9.17, 15) is 9.59 Å². The normalized spacial score (nSPS) is 14.4. The Labute approximate surface area is 215 Å². The largest absolute Gasteiger partial charge is 0.338 e. The van der Waals surface area contributed by atoms with Gasteiger partial charge in [0.05, 0.1) is 21.6 Å². The number of aromatic nitrogens is 2. The highest BCUT2D eigenvalue weighted by molar-refractivity contribution is 6.34. The van der Waals surface area contributed by atoms with Gasteiger partial charge < -0.3 is 15.6 Å². The van der Waals surface area contributed by atoms with E-state index in [1.54, 1.807) is 12.1 Å². The fourth-order valence-corrected chi connectivity index (χ4v) is 5.05. The molecule has 3 aromatic carbocycles. The Bertz CT molecular complexity index is 1400. The van der Waals surface area contributed by atoms with Gasteiger partial charge in [0.1, 0.15) is 5.82 Å². The van der Waals surface area contributed by atoms with Crippen molar-refractivity contribution >= 4 is 45.8 Å². The van der Waals surface area contributed by atoms with Crippen LogP contribution in [0, 0.1) is 12.8 Å². The molecule has 0 radical (unpaired) electrons. The van der Waals surface area contributed by atoms with Crippen LogP contribution in [0.1, 0.15) is 54.4 Å². The Balaban J connectivity index is 1.27. The zero-order chi connectivity index (χ0) is 25.1. The molecule has 5 rings (SSSR count). The molecular weight excluding hydrogens is 472 g/mol. The number of rotatable bonds is 5. The number of carbonyl (C=O) groups excluding carboxylic acids is 2. The number of benzene rings is 3. The van der Waals surface area contributed by atoms with Crippen molar-refractivity contribution in [3.8, 4) is 11.4 Å². The van der Waals surface area contributed by atoms with Crippen molar-refractivity contribution in [1.29, 1.82) is 0 Å². The summed E-state index contributed by atoms with van der Waals surface area (Å²) in [6.45, 7) is 1.93. The highest BCUT2D eigenvalue weighted by Crippen LogP contribution is 2.27. The number of hydrogen-bond acceptors (Lipinski definition) is 3. The minimum atomic E-state index is -0.255. The van der Waals surface area contributed by atoms with E-state index in [-0.39, 0.29) is 17.7 Å². The molecule has 3 N–H and O–H groups in total. The van der Waals surface area contributed by atoms with Gasteiger partial charge in [0.25, 0.3) is 5.91 Å². The molecule has 36 heavy (non-hydrogen) atoms. The third-order valence-corrected chi connectivity index (χ3v) is 7.07. The summed E-state index contributed by atoms with van der Waals surface area (Å²) < 4.78 is 0. The number of nitrogens with zero attached hydrogens (tertiary/aromatic N) is 1. The van der Waals surface area contributed by atoms with Crippen LogP contribution in [0.2, 0.25) is 5.02 Å². The molecule has 0 unspecified atom stereocenters. The number of halogens is 1. The smallest absolute Gasteiger partial charge is 0.257 e. The standard InChI is InChI=1S/C29H29ClN4O2/c1-18-8-14-23(24(30)16-18)29(36)31-21-11-9-19(10-12-21)27-33-25-15-13-22(17-26(25)34-27)32-28(35)20-6-4-2-3-5-7-20/h8-17,20H,2-7H2,1H3,(H,31,36)(H,32,35)(H,33,34). The zero-order valence-electron chi connectivity index (χ0n) is 20.2. The van der Waals surface area contributed by atoms with Gasteiger partial charge in [-0.3, -0.25) is 9.59 Å². The molecule has 1 aromatic heterocycles. The van der Waals surface area contributed by atoms with Crippen molar-refractivity contribution in [3.63, 3.8) is 0 Å². The van der Waals surface area contributed by atoms with E-state index >= 15 is 0 Å². The number of hydrogen-bond donors (Lipinski definition) is 3. The van der Waals surface area contributed by atoms with E-state index in [1.165, 1.54) is 12.8 Å². The Morgan fingerprint density at radius 1 is 0.889 bits per heavy atom. The van der Waals surface area contributed by atoms with E-state index < -0.39 is 0 Å². The van der Waals surface area contributed by atoms with Gasteiger partial charge in [-0.1, -0.05) is 43.4 Å². The number of amides is 2. The number of imidazole rings is 1. The first-order valence-electron chi connectivity index (χ1n) is 12.4. The van der Waals surface area contributed by atoms with Crippen molar-refractivity contribution in [2.75, 3.05) is 10.6 Å². The van der Waals surface area contributed by atoms with Crippen LogP contribution in [-0.2, 0) is 4.79 Å². The van der Waals surface area contributed by atoms with Crippen LogP contribution >= 0.6 is 11.6 Å². The molecule has 6 nitrogen and oxygen atoms in total. The summed E-state index contributed by atoms with van der Waals surface area (Å²) in [6, 6.07) is 18.6. The summed E-state index contributed by atoms with van der Waals surface area (Å²) in [4.78, 5) is 33.4. The lowest BCUT2D eigenvalue weighted by atomic mass is 9.99. The quantitative estimate of drug-likeness (QED) is 0.250. The van der Waals surface area contributed by atoms with Gasteiger partial charge in [0, 0.05) is 22.9 Å². The Hall–Kier alpha value is -3.64. The van der Waals surface area contributed by atoms with E-state index in [1.807, 2.05) is 55.5 Å². The molecule has 184 valence electrons. The van der Waals surface area contributed by atoms with Crippen LogP contribution in [0.15, 0.2) is 60.7 Å². The number of aryl methyl sites for hydroxylation is 1. The first-order valence-corrected chi connectivity index (χ1v) is 12.8. The Morgan fingerprint density at radius 3 is 2.33 bits per heavy atom. The lowest BCUT2D eigenvalue weighted by Gasteiger charge is -2.14. The van der Waals surface area contributed by atoms with E-state index in [4.69, 9.17) is 16.6 Å². The van der Waals surface area contributed by atoms with E-state index in [0.29, 0.717) is 16.3 Å². The number of anilines is 2. The summed E-state index contributed by atoms with van der Waals surface area (Å²) in [5.74, 6) is 0.675. The lowest BCUT2D eigenvalue weighted by Crippen LogP contribution is -2.22. The van der Waals surface area contributed by atoms with E-state index in [0.717, 1.165) is 59.4 Å². The number of fused-ring (bicyclic) bond motifs is 1. The number of aromatic amines is 1. The SMILES string of the molecule is Cc1ccc(C(=O)Nc2ccc(-c3nc4ccc(NC(=O)C5CCCCCC5)cc4[nH]3)cc2)c(Cl)c1. The summed E-state index contributed by atoms with van der Waals surface area (Å²) in [6.07, 6.45) is 6.64. The van der Waals surface area contributed by atoms with Gasteiger partial charge >= 0.3 is 0 Å². The monoisotopic (exact) mass is 500 g/mol. The van der Waals surface area contributed by atoms with Gasteiger partial charge in [-0.15, -0.1) is 0 Å². The maximum absolute atomic E-state index is 12.7. The molecule has 1 heterocycles. The fraction of sp³-hybridized carbons (Fsp3) is 0.276. The summed E-state index contributed by atoms with van der Waals surface area (Å²) in [7, 11) is 0. The van der Waals surface area contributed by atoms with Crippen LogP contribution in [0.25, 0.3) is 22.4 Å². The predicted molar refractivity (Wildman–Crippen MR) is 145 cm³/mol. The Kier molecular flexibility index (Phi) is 7.05. The molecule has 0 saturated heterocycles. The second-order valence-corrected chi connectivity index (χ2v) is 9.92. The van der Waals surface area contributed by atoms with Crippen molar-refractivity contribution < 1.29 is 9.59 Å². The number of H-pyrrole nitrogens is 1. The minimum Gasteiger partial charge on any atom is -0.338 e. The van der Waals surface area contributed by atoms with Crippen LogP contribution in [-0.4, -0.2) is 21.8 Å². The summed E-state index contributed by atoms with van der Waals surface area (Å²) in [5.41, 5.74) is 5.45. The van der Waals surface area contributed by atoms with Crippen LogP contribution in [0.4, 0.5) is 11.4 Å². The molecule has 4 aromatic rings. The maximum Gasteiger partial charge on any atom is 0.257 e. The maximum atomic E-state index is 12.7. The second-order valence-electron chi connectivity index (χ2n) is 9.51. The predicted octanol–water partition coefficient (Wildman–Crippen LogP) is 7.35. The molecule has 1 fully saturated rings. The third kappa shape index (κ3) is 5.44. The molecule has 2 amide bonds. The Morgan fingerprint density at radius 2 is 1.61 bits per heavy atom. The van der Waals surface area contributed by atoms with Gasteiger partial charge in [-0.25, -0.2) is 4.98 Å². The van der Waals surface area contributed by atoms with Crippen molar-refractivity contribution in [1.82, 2.24) is 9.97 Å². The molecular formula is C29H29ClN4O2. The van der Waals surface area contributed by atoms with Gasteiger partial charge in [-0.2, -0.15) is 0 Å². The molecule has 0 bridgehead atoms. The molecule has 1 aliphatic rings. The highest BCUT2D eigenvalue weighted by atomic mass is 35.5. The molecule has 1 saturated carbocycles. The van der Waals surface area contributed by atoms with E-state index in [2.05, 4.69) is 15.6 Å². The van der Waals surface area contributed by atoms with Gasteiger partial charge in [-0.05, 0) is 79.9 Å². The highest BCUT2D eigenvalue weighted by Gasteiger charge is 2.20. The van der Waals surface area contributed by atoms with Crippen molar-refractivity contribution in [3.05, 3.63) is 76.8 Å². The molecule has 1 aliphatic carbocycles. The second kappa shape index (κ2) is 10.5. The first-order chi connectivity index (χ1) is 17.5. The lowest BCUT2D eigenvalue weighted by molar-refractivity contribution is -0.120. The van der Waals surface area contributed by atoms with Crippen molar-refractivity contribution in [2.24, 2.45) is 5.92 Å². The van der Waals surface area contributed by atoms with Crippen molar-refractivity contribution in [2.45, 2.75) is 45.4 Å². The minimum absolute atomic E-state index is 0.0987. The van der Waals surface area contributed by atoms with Crippen LogP contribution in [0.5, 0.6) is 0 Å². The van der Waals surface area contributed by atoms with Gasteiger partial charge in [0.2, 0.25) is 5.91 Å². The molecule has 0 spiro atoms. The third-order valence-electron chi connectivity index (χ3n) is 6.76. The fourth-order valence-electron chi connectivity index (χ4n) is 4.72. The van der Waals surface area contributed by atoms with Crippen LogP contribution < -0.4 is 10.6 Å². The number of carbonyl (C=O) groups is 2. The topological polar surface area (TPSA) is 86.9 Å². The van der Waals surface area contributed by atoms with Gasteiger partial charge in [0.15, 0.2) is 0 Å². The zero-order valence-corrected chi connectivity index (χ0v) is 21.0.